The summed E-state index contributed by atoms with van der Waals surface area (Å²) in [7, 11) is 0. The van der Waals surface area contributed by atoms with Crippen LogP contribution in [0.2, 0.25) is 0 Å². The Morgan fingerprint density at radius 3 is 2.71 bits per heavy atom. The predicted molar refractivity (Wildman–Crippen MR) is 51.8 cm³/mol. The first kappa shape index (κ1) is 11.3. The maximum atomic E-state index is 10.8. The highest BCUT2D eigenvalue weighted by Gasteiger charge is 2.35. The van der Waals surface area contributed by atoms with E-state index in [-0.39, 0.29) is 17.7 Å². The quantitative estimate of drug-likeness (QED) is 0.655. The first-order valence-electron chi connectivity index (χ1n) is 4.87. The van der Waals surface area contributed by atoms with Crippen molar-refractivity contribution in [1.29, 1.82) is 0 Å². The van der Waals surface area contributed by atoms with Gasteiger partial charge in [0.15, 0.2) is 0 Å². The van der Waals surface area contributed by atoms with Crippen molar-refractivity contribution >= 4 is 12.6 Å². The molecular weight excluding hydrogens is 182 g/mol. The summed E-state index contributed by atoms with van der Waals surface area (Å²) >= 11 is 0. The minimum atomic E-state index is -0.234. The molecule has 0 bridgehead atoms. The van der Waals surface area contributed by atoms with Gasteiger partial charge in [0.1, 0.15) is 18.8 Å². The van der Waals surface area contributed by atoms with Crippen LogP contribution in [0.3, 0.4) is 0 Å². The zero-order valence-electron chi connectivity index (χ0n) is 8.66. The van der Waals surface area contributed by atoms with Crippen molar-refractivity contribution in [3.63, 3.8) is 0 Å². The highest BCUT2D eigenvalue weighted by molar-refractivity contribution is 5.56. The topological polar surface area (TPSA) is 55.4 Å². The summed E-state index contributed by atoms with van der Waals surface area (Å²) in [6.07, 6.45) is 2.42. The number of ether oxygens (including phenoxy) is 1. The SMILES string of the molecule is CC1(C)COC(C(C=O)CCC=O)N1. The van der Waals surface area contributed by atoms with Gasteiger partial charge < -0.3 is 14.3 Å². The number of carbonyl (C=O) groups excluding carboxylic acids is 2. The second kappa shape index (κ2) is 4.66. The van der Waals surface area contributed by atoms with Crippen molar-refractivity contribution in [2.24, 2.45) is 5.92 Å². The van der Waals surface area contributed by atoms with Gasteiger partial charge >= 0.3 is 0 Å². The minimum absolute atomic E-state index is 0.0763. The lowest BCUT2D eigenvalue weighted by molar-refractivity contribution is -0.116. The fourth-order valence-electron chi connectivity index (χ4n) is 1.55. The highest BCUT2D eigenvalue weighted by atomic mass is 16.5. The monoisotopic (exact) mass is 199 g/mol. The van der Waals surface area contributed by atoms with Gasteiger partial charge in [-0.25, -0.2) is 0 Å². The molecule has 0 amide bonds. The average Bonchev–Trinajstić information content (AvgIpc) is 2.48. The van der Waals surface area contributed by atoms with Gasteiger partial charge in [-0.15, -0.1) is 0 Å². The van der Waals surface area contributed by atoms with E-state index in [4.69, 9.17) is 4.74 Å². The van der Waals surface area contributed by atoms with Gasteiger partial charge in [0.2, 0.25) is 0 Å². The van der Waals surface area contributed by atoms with Crippen LogP contribution in [-0.4, -0.2) is 30.9 Å². The summed E-state index contributed by atoms with van der Waals surface area (Å²) in [4.78, 5) is 21.0. The Bertz CT molecular complexity index is 215. The summed E-state index contributed by atoms with van der Waals surface area (Å²) in [5.74, 6) is -0.220. The van der Waals surface area contributed by atoms with E-state index in [0.29, 0.717) is 19.4 Å². The number of rotatable bonds is 5. The molecule has 1 aliphatic rings. The average molecular weight is 199 g/mol. The molecule has 0 aliphatic carbocycles. The molecule has 0 saturated carbocycles. The van der Waals surface area contributed by atoms with Crippen LogP contribution in [0.5, 0.6) is 0 Å². The zero-order chi connectivity index (χ0) is 10.6. The van der Waals surface area contributed by atoms with E-state index in [9.17, 15) is 9.59 Å². The predicted octanol–water partition coefficient (Wildman–Crippen LogP) is 0.505. The molecule has 14 heavy (non-hydrogen) atoms. The number of nitrogens with one attached hydrogen (secondary N) is 1. The second-order valence-corrected chi connectivity index (χ2v) is 4.30. The molecule has 0 radical (unpaired) electrons. The van der Waals surface area contributed by atoms with Crippen molar-refractivity contribution in [2.75, 3.05) is 6.61 Å². The van der Waals surface area contributed by atoms with Crippen molar-refractivity contribution < 1.29 is 14.3 Å². The van der Waals surface area contributed by atoms with Gasteiger partial charge in [-0.3, -0.25) is 5.32 Å². The number of carbonyl (C=O) groups is 2. The standard InChI is InChI=1S/C10H17NO3/c1-10(2)7-14-9(11-10)8(6-13)4-3-5-12/h5-6,8-9,11H,3-4,7H2,1-2H3. The van der Waals surface area contributed by atoms with Crippen LogP contribution in [-0.2, 0) is 14.3 Å². The second-order valence-electron chi connectivity index (χ2n) is 4.30. The molecule has 4 heteroatoms. The van der Waals surface area contributed by atoms with Crippen LogP contribution in [0.15, 0.2) is 0 Å². The van der Waals surface area contributed by atoms with E-state index in [1.165, 1.54) is 0 Å². The summed E-state index contributed by atoms with van der Waals surface area (Å²) in [5.41, 5.74) is -0.0763. The lowest BCUT2D eigenvalue weighted by atomic mass is 10.0. The molecule has 1 heterocycles. The fraction of sp³-hybridized carbons (Fsp3) is 0.800. The van der Waals surface area contributed by atoms with Crippen LogP contribution < -0.4 is 5.32 Å². The molecule has 80 valence electrons. The normalized spacial score (nSPS) is 27.1. The molecule has 1 aliphatic heterocycles. The third kappa shape index (κ3) is 2.89. The van der Waals surface area contributed by atoms with Crippen LogP contribution in [0.1, 0.15) is 26.7 Å². The molecule has 2 atom stereocenters. The third-order valence-corrected chi connectivity index (χ3v) is 2.34. The first-order valence-corrected chi connectivity index (χ1v) is 4.87. The number of aldehydes is 2. The maximum Gasteiger partial charge on any atom is 0.127 e. The van der Waals surface area contributed by atoms with E-state index in [2.05, 4.69) is 5.32 Å². The minimum Gasteiger partial charge on any atom is -0.361 e. The van der Waals surface area contributed by atoms with E-state index in [1.54, 1.807) is 0 Å². The molecule has 1 fully saturated rings. The van der Waals surface area contributed by atoms with E-state index < -0.39 is 0 Å². The van der Waals surface area contributed by atoms with Crippen LogP contribution in [0.4, 0.5) is 0 Å². The van der Waals surface area contributed by atoms with Gasteiger partial charge in [0, 0.05) is 12.0 Å². The van der Waals surface area contributed by atoms with Gasteiger partial charge in [0.05, 0.1) is 12.5 Å². The Balaban J connectivity index is 2.46. The molecule has 1 saturated heterocycles. The molecule has 1 N–H and O–H groups in total. The first-order chi connectivity index (χ1) is 6.59. The van der Waals surface area contributed by atoms with Crippen molar-refractivity contribution in [3.8, 4) is 0 Å². The molecule has 4 nitrogen and oxygen atoms in total. The van der Waals surface area contributed by atoms with E-state index in [0.717, 1.165) is 12.6 Å². The molecule has 0 aromatic heterocycles. The van der Waals surface area contributed by atoms with Crippen LogP contribution in [0.25, 0.3) is 0 Å². The molecule has 2 unspecified atom stereocenters. The Labute approximate surface area is 84.0 Å². The third-order valence-electron chi connectivity index (χ3n) is 2.34. The molecule has 1 rings (SSSR count). The van der Waals surface area contributed by atoms with E-state index >= 15 is 0 Å². The largest absolute Gasteiger partial charge is 0.361 e. The van der Waals surface area contributed by atoms with Gasteiger partial charge in [-0.1, -0.05) is 0 Å². The molecule has 0 spiro atoms. The van der Waals surface area contributed by atoms with Crippen LogP contribution in [0, 0.1) is 5.92 Å². The molecule has 0 aromatic rings. The van der Waals surface area contributed by atoms with Crippen LogP contribution >= 0.6 is 0 Å². The maximum absolute atomic E-state index is 10.8. The fourth-order valence-corrected chi connectivity index (χ4v) is 1.55. The Hall–Kier alpha value is -0.740. The number of hydrogen-bond acceptors (Lipinski definition) is 4. The van der Waals surface area contributed by atoms with Crippen molar-refractivity contribution in [2.45, 2.75) is 38.5 Å². The van der Waals surface area contributed by atoms with Gasteiger partial charge in [-0.2, -0.15) is 0 Å². The zero-order valence-corrected chi connectivity index (χ0v) is 8.66. The lowest BCUT2D eigenvalue weighted by Crippen LogP contribution is -2.42. The summed E-state index contributed by atoms with van der Waals surface area (Å²) in [6, 6.07) is 0. The number of hydrogen-bond donors (Lipinski definition) is 1. The Morgan fingerprint density at radius 2 is 2.29 bits per heavy atom. The van der Waals surface area contributed by atoms with Gasteiger partial charge in [-0.05, 0) is 20.3 Å². The smallest absolute Gasteiger partial charge is 0.127 e. The van der Waals surface area contributed by atoms with Crippen molar-refractivity contribution in [3.05, 3.63) is 0 Å². The summed E-state index contributed by atoms with van der Waals surface area (Å²) in [5, 5.41) is 3.22. The highest BCUT2D eigenvalue weighted by Crippen LogP contribution is 2.20. The lowest BCUT2D eigenvalue weighted by Gasteiger charge is -2.20. The van der Waals surface area contributed by atoms with Gasteiger partial charge in [0.25, 0.3) is 0 Å². The van der Waals surface area contributed by atoms with E-state index in [1.807, 2.05) is 13.8 Å². The summed E-state index contributed by atoms with van der Waals surface area (Å²) in [6.45, 7) is 4.65. The Morgan fingerprint density at radius 1 is 1.57 bits per heavy atom. The van der Waals surface area contributed by atoms with Crippen molar-refractivity contribution in [1.82, 2.24) is 5.32 Å². The molecule has 0 aromatic carbocycles. The molecular formula is C10H17NO3. The Kier molecular flexibility index (Phi) is 3.77. The summed E-state index contributed by atoms with van der Waals surface area (Å²) < 4.78 is 5.46.